The van der Waals surface area contributed by atoms with E-state index in [1.807, 2.05) is 25.3 Å². The number of nitrogens with zero attached hydrogens (tertiary/aromatic N) is 6. The van der Waals surface area contributed by atoms with E-state index in [0.717, 1.165) is 55.5 Å². The molecule has 1 aliphatic rings. The molecule has 11 heteroatoms. The zero-order valence-corrected chi connectivity index (χ0v) is 19.3. The van der Waals surface area contributed by atoms with Gasteiger partial charge in [-0.15, -0.1) is 10.2 Å². The first kappa shape index (κ1) is 24.2. The molecule has 0 unspecified atom stereocenters. The average molecular weight is 486 g/mol. The summed E-state index contributed by atoms with van der Waals surface area (Å²) in [4.78, 5) is 12.5. The first-order valence-corrected chi connectivity index (χ1v) is 11.1. The first-order valence-electron chi connectivity index (χ1n) is 11.1. The Kier molecular flexibility index (Phi) is 7.33. The van der Waals surface area contributed by atoms with E-state index in [-0.39, 0.29) is 12.5 Å². The van der Waals surface area contributed by atoms with Crippen molar-refractivity contribution in [2.75, 3.05) is 36.4 Å². The fraction of sp³-hybridized carbons (Fsp3) is 0.333. The molecular weight excluding hydrogens is 459 g/mol. The van der Waals surface area contributed by atoms with Crippen LogP contribution in [0.4, 0.5) is 24.8 Å². The predicted octanol–water partition coefficient (Wildman–Crippen LogP) is 4.13. The Bertz CT molecular complexity index is 1110. The average Bonchev–Trinajstić information content (AvgIpc) is 2.87. The highest BCUT2D eigenvalue weighted by molar-refractivity contribution is 5.41. The molecule has 3 aromatic rings. The maximum absolute atomic E-state index is 12.6. The minimum atomic E-state index is -4.47. The van der Waals surface area contributed by atoms with Gasteiger partial charge in [-0.25, -0.2) is 4.98 Å². The van der Waals surface area contributed by atoms with Gasteiger partial charge in [0.15, 0.2) is 0 Å². The van der Waals surface area contributed by atoms with Crippen molar-refractivity contribution in [2.24, 2.45) is 0 Å². The molecular formula is C24H26F3N7O. The highest BCUT2D eigenvalue weighted by Crippen LogP contribution is 2.27. The Morgan fingerprint density at radius 1 is 0.971 bits per heavy atom. The van der Waals surface area contributed by atoms with Crippen molar-refractivity contribution < 1.29 is 17.9 Å². The van der Waals surface area contributed by atoms with E-state index in [0.29, 0.717) is 17.9 Å². The summed E-state index contributed by atoms with van der Waals surface area (Å²) >= 11 is 0. The number of allylic oxidation sites excluding steroid dienone is 1. The summed E-state index contributed by atoms with van der Waals surface area (Å²) in [6, 6.07) is 9.65. The Morgan fingerprint density at radius 3 is 2.29 bits per heavy atom. The van der Waals surface area contributed by atoms with Crippen LogP contribution in [-0.4, -0.2) is 51.2 Å². The fourth-order valence-electron chi connectivity index (χ4n) is 3.54. The van der Waals surface area contributed by atoms with Crippen LogP contribution >= 0.6 is 0 Å². The van der Waals surface area contributed by atoms with Crippen LogP contribution in [0.1, 0.15) is 23.7 Å². The fourth-order valence-corrected chi connectivity index (χ4v) is 3.54. The third-order valence-corrected chi connectivity index (χ3v) is 5.57. The molecule has 35 heavy (non-hydrogen) atoms. The molecule has 0 aliphatic carbocycles. The van der Waals surface area contributed by atoms with Gasteiger partial charge in [0.2, 0.25) is 5.88 Å². The normalized spacial score (nSPS) is 14.1. The summed E-state index contributed by atoms with van der Waals surface area (Å²) in [6.07, 6.45) is -1.49. The number of rotatable bonds is 8. The van der Waals surface area contributed by atoms with Gasteiger partial charge >= 0.3 is 6.18 Å². The molecule has 0 spiro atoms. The van der Waals surface area contributed by atoms with Gasteiger partial charge in [0.1, 0.15) is 23.9 Å². The highest BCUT2D eigenvalue weighted by Gasteiger charge is 2.32. The maximum Gasteiger partial charge on any atom is 0.433 e. The van der Waals surface area contributed by atoms with Crippen molar-refractivity contribution in [3.8, 4) is 5.88 Å². The molecule has 1 fully saturated rings. The zero-order valence-electron chi connectivity index (χ0n) is 19.3. The monoisotopic (exact) mass is 485 g/mol. The van der Waals surface area contributed by atoms with Gasteiger partial charge in [-0.3, -0.25) is 4.98 Å². The summed E-state index contributed by atoms with van der Waals surface area (Å²) in [6.45, 7) is 10.3. The SMILES string of the molecule is C=C(C)N1CCN(c2ccc(CNc3ccc(OCc4ccc(C(F)(F)F)nc4)nn3)cn2)CC1. The predicted molar refractivity (Wildman–Crippen MR) is 126 cm³/mol. The van der Waals surface area contributed by atoms with E-state index in [1.165, 1.54) is 6.07 Å². The number of alkyl halides is 3. The van der Waals surface area contributed by atoms with Crippen molar-refractivity contribution in [1.82, 2.24) is 25.1 Å². The lowest BCUT2D eigenvalue weighted by Gasteiger charge is -2.36. The molecule has 0 radical (unpaired) electrons. The van der Waals surface area contributed by atoms with Crippen LogP contribution < -0.4 is 15.0 Å². The van der Waals surface area contributed by atoms with E-state index in [9.17, 15) is 13.2 Å². The number of piperazine rings is 1. The second-order valence-electron chi connectivity index (χ2n) is 8.18. The second-order valence-corrected chi connectivity index (χ2v) is 8.18. The van der Waals surface area contributed by atoms with Gasteiger partial charge < -0.3 is 19.9 Å². The molecule has 0 amide bonds. The lowest BCUT2D eigenvalue weighted by molar-refractivity contribution is -0.141. The minimum absolute atomic E-state index is 0.0346. The smallest absolute Gasteiger partial charge is 0.433 e. The van der Waals surface area contributed by atoms with Crippen LogP contribution in [0.2, 0.25) is 0 Å². The second kappa shape index (κ2) is 10.6. The zero-order chi connectivity index (χ0) is 24.8. The van der Waals surface area contributed by atoms with Crippen molar-refractivity contribution in [3.63, 3.8) is 0 Å². The summed E-state index contributed by atoms with van der Waals surface area (Å²) in [5, 5.41) is 11.2. The third kappa shape index (κ3) is 6.58. The Hall–Kier alpha value is -3.89. The summed E-state index contributed by atoms with van der Waals surface area (Å²) < 4.78 is 43.2. The van der Waals surface area contributed by atoms with Gasteiger partial charge in [-0.1, -0.05) is 18.7 Å². The van der Waals surface area contributed by atoms with Gasteiger partial charge in [0, 0.05) is 62.4 Å². The number of pyridine rings is 2. The highest BCUT2D eigenvalue weighted by atomic mass is 19.4. The Morgan fingerprint density at radius 2 is 1.71 bits per heavy atom. The van der Waals surface area contributed by atoms with Crippen LogP contribution in [0.3, 0.4) is 0 Å². The molecule has 1 saturated heterocycles. The Balaban J connectivity index is 1.23. The molecule has 3 aromatic heterocycles. The third-order valence-electron chi connectivity index (χ3n) is 5.57. The van der Waals surface area contributed by atoms with Gasteiger partial charge in [0.05, 0.1) is 0 Å². The molecule has 184 valence electrons. The number of aromatic nitrogens is 4. The van der Waals surface area contributed by atoms with Crippen molar-refractivity contribution in [1.29, 1.82) is 0 Å². The van der Waals surface area contributed by atoms with Crippen LogP contribution in [0, 0.1) is 0 Å². The van der Waals surface area contributed by atoms with E-state index in [1.54, 1.807) is 12.1 Å². The number of ether oxygens (including phenoxy) is 1. The largest absolute Gasteiger partial charge is 0.472 e. The van der Waals surface area contributed by atoms with Crippen LogP contribution in [-0.2, 0) is 19.3 Å². The van der Waals surface area contributed by atoms with Crippen molar-refractivity contribution in [2.45, 2.75) is 26.3 Å². The van der Waals surface area contributed by atoms with E-state index in [2.05, 4.69) is 41.9 Å². The molecule has 4 heterocycles. The Labute approximate surface area is 201 Å². The minimum Gasteiger partial charge on any atom is -0.472 e. The molecule has 0 atom stereocenters. The molecule has 0 saturated carbocycles. The number of anilines is 2. The lowest BCUT2D eigenvalue weighted by atomic mass is 10.2. The maximum atomic E-state index is 12.6. The molecule has 0 aromatic carbocycles. The number of nitrogens with one attached hydrogen (secondary N) is 1. The molecule has 4 rings (SSSR count). The van der Waals surface area contributed by atoms with Crippen LogP contribution in [0.5, 0.6) is 5.88 Å². The number of hydrogen-bond acceptors (Lipinski definition) is 8. The van der Waals surface area contributed by atoms with E-state index in [4.69, 9.17) is 4.74 Å². The quantitative estimate of drug-likeness (QED) is 0.510. The molecule has 8 nitrogen and oxygen atoms in total. The number of halogens is 3. The van der Waals surface area contributed by atoms with Gasteiger partial charge in [0.25, 0.3) is 0 Å². The molecule has 1 aliphatic heterocycles. The number of hydrogen-bond donors (Lipinski definition) is 1. The van der Waals surface area contributed by atoms with Crippen LogP contribution in [0.15, 0.2) is 61.1 Å². The van der Waals surface area contributed by atoms with Gasteiger partial charge in [-0.2, -0.15) is 13.2 Å². The summed E-state index contributed by atoms with van der Waals surface area (Å²) in [5.41, 5.74) is 1.66. The standard InChI is InChI=1S/C24H26F3N7O/c1-17(2)33-9-11-34(12-10-33)22-7-4-18(14-30-22)13-29-21-6-8-23(32-31-21)35-16-19-3-5-20(28-15-19)24(25,26)27/h3-8,14-15H,1,9-13,16H2,2H3,(H,29,31). The lowest BCUT2D eigenvalue weighted by Crippen LogP contribution is -2.45. The van der Waals surface area contributed by atoms with Crippen LogP contribution in [0.25, 0.3) is 0 Å². The van der Waals surface area contributed by atoms with E-state index < -0.39 is 11.9 Å². The van der Waals surface area contributed by atoms with Crippen molar-refractivity contribution in [3.05, 3.63) is 77.9 Å². The van der Waals surface area contributed by atoms with Gasteiger partial charge in [-0.05, 0) is 30.7 Å². The molecule has 0 bridgehead atoms. The summed E-state index contributed by atoms with van der Waals surface area (Å²) in [7, 11) is 0. The summed E-state index contributed by atoms with van der Waals surface area (Å²) in [5.74, 6) is 1.78. The van der Waals surface area contributed by atoms with Crippen molar-refractivity contribution >= 4 is 11.6 Å². The van der Waals surface area contributed by atoms with E-state index >= 15 is 0 Å². The topological polar surface area (TPSA) is 79.3 Å². The first-order chi connectivity index (χ1) is 16.8. The molecule has 1 N–H and O–H groups in total.